The lowest BCUT2D eigenvalue weighted by Crippen LogP contribution is -2.10. The molecule has 0 fully saturated rings. The molecule has 1 N–H and O–H groups in total. The minimum Gasteiger partial charge on any atom is -0.383 e. The summed E-state index contributed by atoms with van der Waals surface area (Å²) in [5, 5.41) is 3.25. The highest BCUT2D eigenvalue weighted by Crippen LogP contribution is 2.26. The summed E-state index contributed by atoms with van der Waals surface area (Å²) in [6.45, 7) is 1.21. The molecule has 0 atom stereocenters. The molecule has 3 rings (SSSR count). The summed E-state index contributed by atoms with van der Waals surface area (Å²) in [6, 6.07) is 4.60. The van der Waals surface area contributed by atoms with E-state index in [0.29, 0.717) is 24.6 Å². The number of methoxy groups -OCH3 is 1. The SMILES string of the molecule is COCCNc1nccn2c(-c3ccc(F)c(Cl)c3)cnc12. The number of fused-ring (bicyclic) bond motifs is 1. The smallest absolute Gasteiger partial charge is 0.180 e. The van der Waals surface area contributed by atoms with E-state index in [0.717, 1.165) is 11.3 Å². The largest absolute Gasteiger partial charge is 0.383 e. The highest BCUT2D eigenvalue weighted by atomic mass is 35.5. The van der Waals surface area contributed by atoms with Gasteiger partial charge in [0.2, 0.25) is 0 Å². The number of nitrogens with one attached hydrogen (secondary N) is 1. The second-order valence-corrected chi connectivity index (χ2v) is 5.07. The average Bonchev–Trinajstić information content (AvgIpc) is 2.95. The van der Waals surface area contributed by atoms with Crippen LogP contribution in [0.3, 0.4) is 0 Å². The Balaban J connectivity index is 2.01. The zero-order valence-corrected chi connectivity index (χ0v) is 12.6. The van der Waals surface area contributed by atoms with Crippen LogP contribution in [-0.4, -0.2) is 34.6 Å². The predicted octanol–water partition coefficient (Wildman–Crippen LogP) is 3.25. The molecule has 0 radical (unpaired) electrons. The van der Waals surface area contributed by atoms with E-state index in [4.69, 9.17) is 16.3 Å². The van der Waals surface area contributed by atoms with Crippen LogP contribution in [0.2, 0.25) is 5.02 Å². The van der Waals surface area contributed by atoms with Gasteiger partial charge in [-0.15, -0.1) is 0 Å². The Bertz CT molecular complexity index is 805. The molecule has 114 valence electrons. The van der Waals surface area contributed by atoms with E-state index >= 15 is 0 Å². The molecular formula is C15H14ClFN4O. The zero-order chi connectivity index (χ0) is 15.5. The van der Waals surface area contributed by atoms with E-state index in [9.17, 15) is 4.39 Å². The normalized spacial score (nSPS) is 11.0. The molecule has 0 aliphatic rings. The molecule has 0 bridgehead atoms. The Morgan fingerprint density at radius 1 is 1.36 bits per heavy atom. The lowest BCUT2D eigenvalue weighted by molar-refractivity contribution is 0.210. The van der Waals surface area contributed by atoms with E-state index < -0.39 is 5.82 Å². The lowest BCUT2D eigenvalue weighted by atomic mass is 10.1. The van der Waals surface area contributed by atoms with Crippen LogP contribution in [0, 0.1) is 5.82 Å². The van der Waals surface area contributed by atoms with Crippen LogP contribution < -0.4 is 5.32 Å². The maximum Gasteiger partial charge on any atom is 0.180 e. The number of ether oxygens (including phenoxy) is 1. The Morgan fingerprint density at radius 2 is 2.23 bits per heavy atom. The van der Waals surface area contributed by atoms with Crippen LogP contribution in [0.15, 0.2) is 36.8 Å². The topological polar surface area (TPSA) is 51.5 Å². The van der Waals surface area contributed by atoms with E-state index in [2.05, 4.69) is 15.3 Å². The van der Waals surface area contributed by atoms with Crippen molar-refractivity contribution in [3.8, 4) is 11.3 Å². The van der Waals surface area contributed by atoms with Gasteiger partial charge in [0.25, 0.3) is 0 Å². The zero-order valence-electron chi connectivity index (χ0n) is 11.9. The predicted molar refractivity (Wildman–Crippen MR) is 83.8 cm³/mol. The van der Waals surface area contributed by atoms with E-state index in [-0.39, 0.29) is 5.02 Å². The molecule has 0 aliphatic heterocycles. The fourth-order valence-corrected chi connectivity index (χ4v) is 2.37. The van der Waals surface area contributed by atoms with Crippen molar-refractivity contribution < 1.29 is 9.13 Å². The van der Waals surface area contributed by atoms with Crippen LogP contribution in [0.5, 0.6) is 0 Å². The van der Waals surface area contributed by atoms with Gasteiger partial charge < -0.3 is 10.1 Å². The van der Waals surface area contributed by atoms with Crippen molar-refractivity contribution in [2.75, 3.05) is 25.6 Å². The number of halogens is 2. The third-order valence-corrected chi connectivity index (χ3v) is 3.53. The Labute approximate surface area is 131 Å². The molecule has 0 amide bonds. The highest BCUT2D eigenvalue weighted by molar-refractivity contribution is 6.31. The number of anilines is 1. The molecule has 0 saturated heterocycles. The summed E-state index contributed by atoms with van der Waals surface area (Å²) in [5.74, 6) is 0.224. The van der Waals surface area contributed by atoms with Gasteiger partial charge in [0.1, 0.15) is 5.82 Å². The Morgan fingerprint density at radius 3 is 3.00 bits per heavy atom. The molecule has 7 heteroatoms. The van der Waals surface area contributed by atoms with Gasteiger partial charge in [0.15, 0.2) is 11.5 Å². The molecular weight excluding hydrogens is 307 g/mol. The fourth-order valence-electron chi connectivity index (χ4n) is 2.18. The second-order valence-electron chi connectivity index (χ2n) is 4.66. The molecule has 0 saturated carbocycles. The van der Waals surface area contributed by atoms with Crippen molar-refractivity contribution in [1.82, 2.24) is 14.4 Å². The Hall–Kier alpha value is -2.18. The van der Waals surface area contributed by atoms with E-state index in [1.54, 1.807) is 37.8 Å². The summed E-state index contributed by atoms with van der Waals surface area (Å²) >= 11 is 5.85. The third kappa shape index (κ3) is 2.75. The van der Waals surface area contributed by atoms with Crippen molar-refractivity contribution in [2.24, 2.45) is 0 Å². The number of benzene rings is 1. The van der Waals surface area contributed by atoms with Gasteiger partial charge in [0.05, 0.1) is 23.5 Å². The average molecular weight is 321 g/mol. The maximum atomic E-state index is 13.3. The van der Waals surface area contributed by atoms with Gasteiger partial charge in [-0.3, -0.25) is 4.40 Å². The Kier molecular flexibility index (Phi) is 4.22. The number of aromatic nitrogens is 3. The summed E-state index contributed by atoms with van der Waals surface area (Å²) in [5.41, 5.74) is 2.29. The summed E-state index contributed by atoms with van der Waals surface area (Å²) < 4.78 is 20.2. The first-order chi connectivity index (χ1) is 10.7. The molecule has 1 aromatic carbocycles. The molecule has 3 aromatic rings. The number of hydrogen-bond donors (Lipinski definition) is 1. The van der Waals surface area contributed by atoms with Crippen molar-refractivity contribution in [3.05, 3.63) is 47.6 Å². The molecule has 0 spiro atoms. The van der Waals surface area contributed by atoms with Crippen molar-refractivity contribution >= 4 is 23.1 Å². The quantitative estimate of drug-likeness (QED) is 0.733. The molecule has 22 heavy (non-hydrogen) atoms. The molecule has 2 aromatic heterocycles. The van der Waals surface area contributed by atoms with E-state index in [1.807, 2.05) is 4.40 Å². The molecule has 2 heterocycles. The summed E-state index contributed by atoms with van der Waals surface area (Å²) in [6.07, 6.45) is 5.19. The highest BCUT2D eigenvalue weighted by Gasteiger charge is 2.11. The van der Waals surface area contributed by atoms with Crippen molar-refractivity contribution in [1.29, 1.82) is 0 Å². The van der Waals surface area contributed by atoms with Crippen LogP contribution >= 0.6 is 11.6 Å². The monoisotopic (exact) mass is 320 g/mol. The number of rotatable bonds is 5. The summed E-state index contributed by atoms with van der Waals surface area (Å²) in [4.78, 5) is 8.67. The first-order valence-corrected chi connectivity index (χ1v) is 7.09. The fraction of sp³-hybridized carbons (Fsp3) is 0.200. The van der Waals surface area contributed by atoms with E-state index in [1.165, 1.54) is 6.07 Å². The van der Waals surface area contributed by atoms with Gasteiger partial charge in [-0.25, -0.2) is 14.4 Å². The van der Waals surface area contributed by atoms with Crippen molar-refractivity contribution in [2.45, 2.75) is 0 Å². The van der Waals surface area contributed by atoms with Gasteiger partial charge in [-0.2, -0.15) is 0 Å². The number of nitrogens with zero attached hydrogens (tertiary/aromatic N) is 3. The van der Waals surface area contributed by atoms with Crippen LogP contribution in [0.25, 0.3) is 16.9 Å². The molecule has 0 aliphatic carbocycles. The first-order valence-electron chi connectivity index (χ1n) is 6.71. The van der Waals surface area contributed by atoms with Crippen LogP contribution in [-0.2, 0) is 4.74 Å². The first kappa shape index (κ1) is 14.7. The molecule has 0 unspecified atom stereocenters. The van der Waals surface area contributed by atoms with Gasteiger partial charge >= 0.3 is 0 Å². The maximum absolute atomic E-state index is 13.3. The number of hydrogen-bond acceptors (Lipinski definition) is 4. The van der Waals surface area contributed by atoms with Crippen LogP contribution in [0.4, 0.5) is 10.2 Å². The lowest BCUT2D eigenvalue weighted by Gasteiger charge is -2.07. The third-order valence-electron chi connectivity index (χ3n) is 3.24. The van der Waals surface area contributed by atoms with Crippen molar-refractivity contribution in [3.63, 3.8) is 0 Å². The molecule has 5 nitrogen and oxygen atoms in total. The minimum atomic E-state index is -0.442. The second kappa shape index (κ2) is 6.29. The van der Waals surface area contributed by atoms with Gasteiger partial charge in [0, 0.05) is 31.6 Å². The summed E-state index contributed by atoms with van der Waals surface area (Å²) in [7, 11) is 1.64. The van der Waals surface area contributed by atoms with Gasteiger partial charge in [-0.1, -0.05) is 11.6 Å². The standard InChI is InChI=1S/C15H14ClFN4O/c1-22-7-5-19-14-15-20-9-13(21(15)6-4-18-14)10-2-3-12(17)11(16)8-10/h2-4,6,8-9H,5,7H2,1H3,(H,18,19). The van der Waals surface area contributed by atoms with Gasteiger partial charge in [-0.05, 0) is 18.2 Å². The number of imidazole rings is 1. The minimum absolute atomic E-state index is 0.0833. The van der Waals surface area contributed by atoms with Crippen LogP contribution in [0.1, 0.15) is 0 Å².